The average Bonchev–Trinajstić information content (AvgIpc) is 3.22. The molecule has 0 saturated carbocycles. The molecule has 3 aromatic rings. The van der Waals surface area contributed by atoms with Crippen molar-refractivity contribution < 1.29 is 4.74 Å². The molecule has 2 aromatic carbocycles. The maximum absolute atomic E-state index is 5.93. The number of ether oxygens (including phenoxy) is 1. The Morgan fingerprint density at radius 1 is 1.12 bits per heavy atom. The van der Waals surface area contributed by atoms with Crippen LogP contribution in [-0.4, -0.2) is 36.1 Å². The van der Waals surface area contributed by atoms with E-state index in [4.69, 9.17) is 4.74 Å². The fraction of sp³-hybridized carbons (Fsp3) is 0.333. The zero-order chi connectivity index (χ0) is 16.4. The van der Waals surface area contributed by atoms with Gasteiger partial charge in [0.05, 0.1) is 6.61 Å². The van der Waals surface area contributed by atoms with Gasteiger partial charge in [0.1, 0.15) is 5.75 Å². The first-order valence-electron chi connectivity index (χ1n) is 8.81. The lowest BCUT2D eigenvalue weighted by molar-refractivity contribution is 0.233. The molecule has 24 heavy (non-hydrogen) atoms. The average molecular weight is 320 g/mol. The second-order valence-corrected chi connectivity index (χ2v) is 6.71. The van der Waals surface area contributed by atoms with Crippen LogP contribution in [0, 0.1) is 0 Å². The summed E-state index contributed by atoms with van der Waals surface area (Å²) in [4.78, 5) is 5.92. The van der Waals surface area contributed by atoms with Crippen molar-refractivity contribution in [2.75, 3.05) is 20.2 Å². The molecule has 1 aliphatic rings. The lowest BCUT2D eigenvalue weighted by Crippen LogP contribution is -2.26. The Kier molecular flexibility index (Phi) is 4.26. The Labute approximate surface area is 143 Å². The number of H-pyrrole nitrogens is 1. The van der Waals surface area contributed by atoms with Crippen LogP contribution >= 0.6 is 0 Å². The number of fused-ring (bicyclic) bond motifs is 1. The minimum absolute atomic E-state index is 0.690. The molecule has 0 bridgehead atoms. The van der Waals surface area contributed by atoms with E-state index in [-0.39, 0.29) is 0 Å². The molecule has 3 nitrogen and oxygen atoms in total. The van der Waals surface area contributed by atoms with Crippen LogP contribution in [0.25, 0.3) is 22.2 Å². The number of nitrogens with zero attached hydrogens (tertiary/aromatic N) is 1. The van der Waals surface area contributed by atoms with E-state index >= 15 is 0 Å². The monoisotopic (exact) mass is 320 g/mol. The third kappa shape index (κ3) is 3.17. The summed E-state index contributed by atoms with van der Waals surface area (Å²) in [5.41, 5.74) is 3.51. The summed E-state index contributed by atoms with van der Waals surface area (Å²) < 4.78 is 5.93. The number of hydrogen-bond acceptors (Lipinski definition) is 2. The van der Waals surface area contributed by atoms with Gasteiger partial charge in [-0.2, -0.15) is 0 Å². The number of nitrogens with one attached hydrogen (secondary N) is 1. The van der Waals surface area contributed by atoms with Gasteiger partial charge in [-0.25, -0.2) is 0 Å². The van der Waals surface area contributed by atoms with Gasteiger partial charge in [0.25, 0.3) is 0 Å². The van der Waals surface area contributed by atoms with Crippen LogP contribution in [-0.2, 0) is 0 Å². The first-order chi connectivity index (χ1) is 11.8. The van der Waals surface area contributed by atoms with Crippen LogP contribution in [0.1, 0.15) is 19.3 Å². The van der Waals surface area contributed by atoms with Gasteiger partial charge in [0, 0.05) is 22.6 Å². The summed E-state index contributed by atoms with van der Waals surface area (Å²) in [5.74, 6) is 0.954. The van der Waals surface area contributed by atoms with Gasteiger partial charge in [-0.05, 0) is 74.8 Å². The highest BCUT2D eigenvalue weighted by Gasteiger charge is 2.20. The highest BCUT2D eigenvalue weighted by atomic mass is 16.5. The summed E-state index contributed by atoms with van der Waals surface area (Å²) in [5, 5.41) is 1.24. The zero-order valence-corrected chi connectivity index (χ0v) is 14.2. The Bertz CT molecular complexity index is 773. The highest BCUT2D eigenvalue weighted by molar-refractivity contribution is 5.85. The minimum Gasteiger partial charge on any atom is -0.494 e. The summed E-state index contributed by atoms with van der Waals surface area (Å²) in [6.45, 7) is 2.02. The second-order valence-electron chi connectivity index (χ2n) is 6.71. The van der Waals surface area contributed by atoms with Crippen LogP contribution in [0.2, 0.25) is 0 Å². The van der Waals surface area contributed by atoms with Gasteiger partial charge in [-0.3, -0.25) is 0 Å². The van der Waals surface area contributed by atoms with Crippen molar-refractivity contribution in [1.82, 2.24) is 9.88 Å². The molecule has 1 N–H and O–H groups in total. The van der Waals surface area contributed by atoms with Gasteiger partial charge in [-0.1, -0.05) is 18.2 Å². The molecule has 0 spiro atoms. The molecular formula is C21H24N2O. The predicted octanol–water partition coefficient (Wildman–Crippen LogP) is 4.70. The molecule has 4 rings (SSSR count). The first kappa shape index (κ1) is 15.3. The summed E-state index contributed by atoms with van der Waals surface area (Å²) in [7, 11) is 2.22. The molecule has 1 fully saturated rings. The van der Waals surface area contributed by atoms with E-state index in [2.05, 4.69) is 71.5 Å². The Morgan fingerprint density at radius 3 is 2.71 bits per heavy atom. The molecule has 1 unspecified atom stereocenters. The molecule has 3 heteroatoms. The normalized spacial score (nSPS) is 18.3. The van der Waals surface area contributed by atoms with Crippen molar-refractivity contribution in [3.05, 3.63) is 54.6 Å². The van der Waals surface area contributed by atoms with Crippen LogP contribution in [0.5, 0.6) is 5.75 Å². The van der Waals surface area contributed by atoms with Gasteiger partial charge in [0.2, 0.25) is 0 Å². The molecule has 0 aliphatic carbocycles. The van der Waals surface area contributed by atoms with E-state index in [0.717, 1.165) is 24.5 Å². The Balaban J connectivity index is 1.39. The molecule has 1 aromatic heterocycles. The zero-order valence-electron chi connectivity index (χ0n) is 14.2. The molecule has 0 radical (unpaired) electrons. The van der Waals surface area contributed by atoms with Crippen molar-refractivity contribution in [1.29, 1.82) is 0 Å². The maximum atomic E-state index is 5.93. The van der Waals surface area contributed by atoms with Gasteiger partial charge >= 0.3 is 0 Å². The second kappa shape index (κ2) is 6.70. The van der Waals surface area contributed by atoms with E-state index in [9.17, 15) is 0 Å². The molecule has 0 amide bonds. The lowest BCUT2D eigenvalue weighted by Gasteiger charge is -2.19. The molecule has 1 aliphatic heterocycles. The number of likely N-dealkylation sites (tertiary alicyclic amines) is 1. The standard InChI is InChI=1S/C21H24N2O/c1-23-13-4-6-18(23)12-14-24-19-10-8-16(9-11-19)21-15-17-5-2-3-7-20(17)22-21/h2-3,5,7-11,15,18,22H,4,6,12-14H2,1H3. The smallest absolute Gasteiger partial charge is 0.119 e. The lowest BCUT2D eigenvalue weighted by atomic mass is 10.1. The predicted molar refractivity (Wildman–Crippen MR) is 99.5 cm³/mol. The van der Waals surface area contributed by atoms with Gasteiger partial charge in [-0.15, -0.1) is 0 Å². The number of hydrogen-bond donors (Lipinski definition) is 1. The third-order valence-electron chi connectivity index (χ3n) is 5.09. The van der Waals surface area contributed by atoms with Crippen LogP contribution in [0.3, 0.4) is 0 Å². The van der Waals surface area contributed by atoms with E-state index in [1.54, 1.807) is 0 Å². The third-order valence-corrected chi connectivity index (χ3v) is 5.09. The fourth-order valence-corrected chi connectivity index (χ4v) is 3.62. The van der Waals surface area contributed by atoms with E-state index in [1.165, 1.54) is 35.9 Å². The number of rotatable bonds is 5. The largest absolute Gasteiger partial charge is 0.494 e. The Morgan fingerprint density at radius 2 is 1.96 bits per heavy atom. The van der Waals surface area contributed by atoms with E-state index in [1.807, 2.05) is 0 Å². The molecule has 124 valence electrons. The molecule has 1 atom stereocenters. The van der Waals surface area contributed by atoms with Crippen molar-refractivity contribution in [2.45, 2.75) is 25.3 Å². The summed E-state index contributed by atoms with van der Waals surface area (Å²) in [6.07, 6.45) is 3.74. The van der Waals surface area contributed by atoms with E-state index in [0.29, 0.717) is 6.04 Å². The number of para-hydroxylation sites is 1. The molecule has 1 saturated heterocycles. The number of benzene rings is 2. The SMILES string of the molecule is CN1CCCC1CCOc1ccc(-c2cc3ccccc3[nH]2)cc1. The molecular weight excluding hydrogens is 296 g/mol. The fourth-order valence-electron chi connectivity index (χ4n) is 3.62. The van der Waals surface area contributed by atoms with Crippen LogP contribution in [0.4, 0.5) is 0 Å². The topological polar surface area (TPSA) is 28.3 Å². The van der Waals surface area contributed by atoms with Crippen LogP contribution in [0.15, 0.2) is 54.6 Å². The van der Waals surface area contributed by atoms with Gasteiger partial charge < -0.3 is 14.6 Å². The van der Waals surface area contributed by atoms with Crippen molar-refractivity contribution in [2.24, 2.45) is 0 Å². The minimum atomic E-state index is 0.690. The number of aromatic amines is 1. The van der Waals surface area contributed by atoms with Gasteiger partial charge in [0.15, 0.2) is 0 Å². The summed E-state index contributed by atoms with van der Waals surface area (Å²) in [6, 6.07) is 19.6. The van der Waals surface area contributed by atoms with Crippen molar-refractivity contribution >= 4 is 10.9 Å². The quantitative estimate of drug-likeness (QED) is 0.738. The van der Waals surface area contributed by atoms with Crippen LogP contribution < -0.4 is 4.74 Å². The van der Waals surface area contributed by atoms with E-state index < -0.39 is 0 Å². The molecule has 2 heterocycles. The number of aromatic nitrogens is 1. The van der Waals surface area contributed by atoms with Crippen molar-refractivity contribution in [3.8, 4) is 17.0 Å². The van der Waals surface area contributed by atoms with Crippen molar-refractivity contribution in [3.63, 3.8) is 0 Å². The maximum Gasteiger partial charge on any atom is 0.119 e. The highest BCUT2D eigenvalue weighted by Crippen LogP contribution is 2.26. The Hall–Kier alpha value is -2.26. The summed E-state index contributed by atoms with van der Waals surface area (Å²) >= 11 is 0. The first-order valence-corrected chi connectivity index (χ1v) is 8.81.